The normalized spacial score (nSPS) is 11.4. The second-order valence-electron chi connectivity index (χ2n) is 6.76. The molecule has 0 heterocycles. The highest BCUT2D eigenvalue weighted by atomic mass is 35.5. The first-order valence-corrected chi connectivity index (χ1v) is 11.5. The predicted molar refractivity (Wildman–Crippen MR) is 122 cm³/mol. The summed E-state index contributed by atoms with van der Waals surface area (Å²) < 4.78 is 32.7. The van der Waals surface area contributed by atoms with Crippen LogP contribution in [0.25, 0.3) is 0 Å². The van der Waals surface area contributed by atoms with Gasteiger partial charge in [-0.2, -0.15) is 4.31 Å². The molecule has 0 aliphatic carbocycles. The maximum Gasteiger partial charge on any atom is 0.255 e. The number of nitrogens with one attached hydrogen (secondary N) is 1. The van der Waals surface area contributed by atoms with Crippen LogP contribution in [0.1, 0.15) is 22.8 Å². The van der Waals surface area contributed by atoms with Gasteiger partial charge in [-0.25, -0.2) is 8.42 Å². The number of benzene rings is 3. The van der Waals surface area contributed by atoms with Crippen LogP contribution in [0, 0.1) is 0 Å². The Labute approximate surface area is 187 Å². The van der Waals surface area contributed by atoms with E-state index in [1.54, 1.807) is 72.8 Å². The third kappa shape index (κ3) is 5.44. The minimum atomic E-state index is -3.70. The number of hydrogen-bond acceptors (Lipinski definition) is 4. The molecule has 3 aromatic carbocycles. The summed E-state index contributed by atoms with van der Waals surface area (Å²) in [6, 6.07) is 20.1. The molecule has 0 saturated heterocycles. The topological polar surface area (TPSA) is 75.7 Å². The van der Waals surface area contributed by atoms with Crippen LogP contribution in [-0.4, -0.2) is 32.3 Å². The molecule has 0 spiro atoms. The van der Waals surface area contributed by atoms with Crippen LogP contribution < -0.4 is 10.1 Å². The molecule has 6 nitrogen and oxygen atoms in total. The van der Waals surface area contributed by atoms with Crippen LogP contribution >= 0.6 is 11.6 Å². The lowest BCUT2D eigenvalue weighted by atomic mass is 10.1. The van der Waals surface area contributed by atoms with Crippen molar-refractivity contribution in [1.29, 1.82) is 0 Å². The Hall–Kier alpha value is -2.87. The highest BCUT2D eigenvalue weighted by Crippen LogP contribution is 2.26. The standard InChI is InChI=1S/C23H23ClN2O4S/c1-3-30-22-14-13-17(23(27)25-21-12-8-7-11-20(21)24)15-18(22)16-26(2)31(28,29)19-9-5-4-6-10-19/h4-15H,3,16H2,1-2H3,(H,25,27). The minimum absolute atomic E-state index is 0.0414. The SMILES string of the molecule is CCOc1ccc(C(=O)Nc2ccccc2Cl)cc1CN(C)S(=O)(=O)c1ccccc1. The first kappa shape index (κ1) is 22.8. The van der Waals surface area contributed by atoms with Crippen molar-refractivity contribution in [2.75, 3.05) is 19.0 Å². The molecule has 0 bridgehead atoms. The lowest BCUT2D eigenvalue weighted by Crippen LogP contribution is -2.27. The summed E-state index contributed by atoms with van der Waals surface area (Å²) in [7, 11) is -2.20. The summed E-state index contributed by atoms with van der Waals surface area (Å²) in [6.07, 6.45) is 0. The molecule has 0 aliphatic rings. The quantitative estimate of drug-likeness (QED) is 0.525. The van der Waals surface area contributed by atoms with Crippen LogP contribution in [0.2, 0.25) is 5.02 Å². The number of carbonyl (C=O) groups excluding carboxylic acids is 1. The fraction of sp³-hybridized carbons (Fsp3) is 0.174. The molecule has 0 aromatic heterocycles. The molecular formula is C23H23ClN2O4S. The van der Waals surface area contributed by atoms with Gasteiger partial charge in [0.25, 0.3) is 5.91 Å². The smallest absolute Gasteiger partial charge is 0.255 e. The number of ether oxygens (including phenoxy) is 1. The van der Waals surface area contributed by atoms with Gasteiger partial charge in [-0.3, -0.25) is 4.79 Å². The van der Waals surface area contributed by atoms with E-state index in [2.05, 4.69) is 5.32 Å². The Bertz CT molecular complexity index is 1170. The summed E-state index contributed by atoms with van der Waals surface area (Å²) in [5.74, 6) is 0.165. The Morgan fingerprint density at radius 3 is 2.39 bits per heavy atom. The second-order valence-corrected chi connectivity index (χ2v) is 9.22. The van der Waals surface area contributed by atoms with Gasteiger partial charge in [0.1, 0.15) is 5.75 Å². The van der Waals surface area contributed by atoms with Gasteiger partial charge in [-0.1, -0.05) is 41.9 Å². The van der Waals surface area contributed by atoms with Gasteiger partial charge in [-0.05, 0) is 49.4 Å². The molecule has 3 aromatic rings. The lowest BCUT2D eigenvalue weighted by molar-refractivity contribution is 0.102. The molecule has 0 atom stereocenters. The molecule has 0 aliphatic heterocycles. The van der Waals surface area contributed by atoms with E-state index < -0.39 is 10.0 Å². The van der Waals surface area contributed by atoms with E-state index in [1.165, 1.54) is 11.4 Å². The zero-order valence-electron chi connectivity index (χ0n) is 17.2. The number of halogens is 1. The van der Waals surface area contributed by atoms with Crippen LogP contribution in [-0.2, 0) is 16.6 Å². The number of para-hydroxylation sites is 1. The third-order valence-electron chi connectivity index (χ3n) is 4.59. The number of hydrogen-bond donors (Lipinski definition) is 1. The van der Waals surface area contributed by atoms with Gasteiger partial charge >= 0.3 is 0 Å². The summed E-state index contributed by atoms with van der Waals surface area (Å²) in [5.41, 5.74) is 1.44. The average molecular weight is 459 g/mol. The monoisotopic (exact) mass is 458 g/mol. The van der Waals surface area contributed by atoms with E-state index in [1.807, 2.05) is 6.92 Å². The van der Waals surface area contributed by atoms with Crippen molar-refractivity contribution in [3.63, 3.8) is 0 Å². The summed E-state index contributed by atoms with van der Waals surface area (Å²) in [4.78, 5) is 12.9. The zero-order chi connectivity index (χ0) is 22.4. The van der Waals surface area contributed by atoms with Crippen molar-refractivity contribution in [1.82, 2.24) is 4.31 Å². The van der Waals surface area contributed by atoms with E-state index in [4.69, 9.17) is 16.3 Å². The highest BCUT2D eigenvalue weighted by molar-refractivity contribution is 7.89. The lowest BCUT2D eigenvalue weighted by Gasteiger charge is -2.20. The predicted octanol–water partition coefficient (Wildman–Crippen LogP) is 4.81. The molecule has 0 radical (unpaired) electrons. The number of anilines is 1. The fourth-order valence-corrected chi connectivity index (χ4v) is 4.35. The number of sulfonamides is 1. The molecule has 0 unspecified atom stereocenters. The molecule has 3 rings (SSSR count). The average Bonchev–Trinajstić information content (AvgIpc) is 2.77. The Morgan fingerprint density at radius 2 is 1.71 bits per heavy atom. The van der Waals surface area contributed by atoms with Crippen molar-refractivity contribution in [3.8, 4) is 5.75 Å². The van der Waals surface area contributed by atoms with E-state index in [9.17, 15) is 13.2 Å². The van der Waals surface area contributed by atoms with Gasteiger partial charge < -0.3 is 10.1 Å². The van der Waals surface area contributed by atoms with Gasteiger partial charge in [0, 0.05) is 24.7 Å². The van der Waals surface area contributed by atoms with Crippen molar-refractivity contribution < 1.29 is 17.9 Å². The number of nitrogens with zero attached hydrogens (tertiary/aromatic N) is 1. The summed E-state index contributed by atoms with van der Waals surface area (Å²) >= 11 is 6.12. The van der Waals surface area contributed by atoms with Gasteiger partial charge in [0.2, 0.25) is 10.0 Å². The first-order chi connectivity index (χ1) is 14.8. The summed E-state index contributed by atoms with van der Waals surface area (Å²) in [6.45, 7) is 2.29. The third-order valence-corrected chi connectivity index (χ3v) is 6.74. The maximum absolute atomic E-state index is 12.9. The van der Waals surface area contributed by atoms with E-state index in [0.717, 1.165) is 0 Å². The largest absolute Gasteiger partial charge is 0.494 e. The second kappa shape index (κ2) is 9.96. The molecule has 1 amide bonds. The van der Waals surface area contributed by atoms with Gasteiger partial charge in [-0.15, -0.1) is 0 Å². The molecular weight excluding hydrogens is 436 g/mol. The molecule has 1 N–H and O–H groups in total. The molecule has 0 fully saturated rings. The van der Waals surface area contributed by atoms with Crippen LogP contribution in [0.5, 0.6) is 5.75 Å². The molecule has 0 saturated carbocycles. The first-order valence-electron chi connectivity index (χ1n) is 9.66. The fourth-order valence-electron chi connectivity index (χ4n) is 2.99. The zero-order valence-corrected chi connectivity index (χ0v) is 18.8. The number of amides is 1. The molecule has 162 valence electrons. The van der Waals surface area contributed by atoms with E-state index in [0.29, 0.717) is 34.2 Å². The van der Waals surface area contributed by atoms with E-state index in [-0.39, 0.29) is 17.3 Å². The van der Waals surface area contributed by atoms with Gasteiger partial charge in [0.05, 0.1) is 22.2 Å². The highest BCUT2D eigenvalue weighted by Gasteiger charge is 2.22. The van der Waals surface area contributed by atoms with Crippen molar-refractivity contribution >= 4 is 33.2 Å². The van der Waals surface area contributed by atoms with Crippen molar-refractivity contribution in [2.24, 2.45) is 0 Å². The van der Waals surface area contributed by atoms with Crippen LogP contribution in [0.4, 0.5) is 5.69 Å². The Kier molecular flexibility index (Phi) is 7.33. The van der Waals surface area contributed by atoms with E-state index >= 15 is 0 Å². The van der Waals surface area contributed by atoms with Gasteiger partial charge in [0.15, 0.2) is 0 Å². The Balaban J connectivity index is 1.88. The van der Waals surface area contributed by atoms with Crippen LogP contribution in [0.3, 0.4) is 0 Å². The Morgan fingerprint density at radius 1 is 1.03 bits per heavy atom. The number of rotatable bonds is 8. The maximum atomic E-state index is 12.9. The van der Waals surface area contributed by atoms with Crippen LogP contribution in [0.15, 0.2) is 77.7 Å². The minimum Gasteiger partial charge on any atom is -0.494 e. The number of carbonyl (C=O) groups is 1. The van der Waals surface area contributed by atoms with Crippen molar-refractivity contribution in [3.05, 3.63) is 88.9 Å². The summed E-state index contributed by atoms with van der Waals surface area (Å²) in [5, 5.41) is 3.20. The van der Waals surface area contributed by atoms with Crippen molar-refractivity contribution in [2.45, 2.75) is 18.4 Å². The molecule has 8 heteroatoms. The molecule has 31 heavy (non-hydrogen) atoms.